The zero-order valence-electron chi connectivity index (χ0n) is 8.95. The van der Waals surface area contributed by atoms with Gasteiger partial charge in [-0.3, -0.25) is 9.78 Å². The Kier molecular flexibility index (Phi) is 2.47. The Morgan fingerprint density at radius 3 is 2.86 bits per heavy atom. The van der Waals surface area contributed by atoms with Gasteiger partial charge in [-0.1, -0.05) is 13.8 Å². The van der Waals surface area contributed by atoms with Crippen molar-refractivity contribution in [1.82, 2.24) is 14.8 Å². The molecule has 0 saturated heterocycles. The molecule has 1 aliphatic carbocycles. The first-order chi connectivity index (χ1) is 6.58. The molecule has 0 bridgehead atoms. The Labute approximate surface area is 89.5 Å². The predicted molar refractivity (Wildman–Crippen MR) is 58.7 cm³/mol. The lowest BCUT2D eigenvalue weighted by atomic mass is 10.1. The summed E-state index contributed by atoms with van der Waals surface area (Å²) < 4.78 is 2.48. The predicted octanol–water partition coefficient (Wildman–Crippen LogP) is 2.63. The van der Waals surface area contributed by atoms with E-state index >= 15 is 0 Å². The maximum absolute atomic E-state index is 5.07. The molecule has 0 aromatic carbocycles. The standard InChI is InChI=1S/C10H17N3S/c1-6(2)4-7-5-8(7)9-11-10(14)13(3)12-9/h6-8H,4-5H2,1-3H3,(H,11,12,14)/t7-,8-/m1/s1. The summed E-state index contributed by atoms with van der Waals surface area (Å²) in [5, 5.41) is 3.21. The first-order valence-corrected chi connectivity index (χ1v) is 5.61. The highest BCUT2D eigenvalue weighted by molar-refractivity contribution is 7.71. The van der Waals surface area contributed by atoms with Gasteiger partial charge in [0.2, 0.25) is 4.77 Å². The summed E-state index contributed by atoms with van der Waals surface area (Å²) in [6.45, 7) is 4.55. The number of hydrogen-bond donors (Lipinski definition) is 1. The summed E-state index contributed by atoms with van der Waals surface area (Å²) >= 11 is 5.07. The zero-order valence-corrected chi connectivity index (χ0v) is 9.77. The molecule has 0 amide bonds. The molecule has 0 radical (unpaired) electrons. The van der Waals surface area contributed by atoms with Crippen molar-refractivity contribution in [2.75, 3.05) is 0 Å². The fraction of sp³-hybridized carbons (Fsp3) is 0.800. The van der Waals surface area contributed by atoms with Gasteiger partial charge in [0, 0.05) is 13.0 Å². The van der Waals surface area contributed by atoms with E-state index in [1.165, 1.54) is 12.8 Å². The van der Waals surface area contributed by atoms with E-state index in [1.807, 2.05) is 11.7 Å². The van der Waals surface area contributed by atoms with Crippen LogP contribution >= 0.6 is 12.2 Å². The second kappa shape index (κ2) is 3.50. The molecule has 1 aliphatic rings. The van der Waals surface area contributed by atoms with Gasteiger partial charge < -0.3 is 0 Å². The summed E-state index contributed by atoms with van der Waals surface area (Å²) in [6.07, 6.45) is 2.59. The van der Waals surface area contributed by atoms with Crippen molar-refractivity contribution < 1.29 is 0 Å². The zero-order chi connectivity index (χ0) is 10.3. The average molecular weight is 211 g/mol. The maximum Gasteiger partial charge on any atom is 0.215 e. The largest absolute Gasteiger partial charge is 0.283 e. The number of nitrogens with zero attached hydrogens (tertiary/aromatic N) is 2. The first kappa shape index (κ1) is 9.90. The van der Waals surface area contributed by atoms with Crippen molar-refractivity contribution in [2.45, 2.75) is 32.6 Å². The lowest BCUT2D eigenvalue weighted by molar-refractivity contribution is 0.528. The van der Waals surface area contributed by atoms with Gasteiger partial charge in [0.15, 0.2) is 0 Å². The molecule has 78 valence electrons. The van der Waals surface area contributed by atoms with Crippen molar-refractivity contribution in [2.24, 2.45) is 18.9 Å². The molecule has 1 N–H and O–H groups in total. The summed E-state index contributed by atoms with van der Waals surface area (Å²) in [5.41, 5.74) is 0. The van der Waals surface area contributed by atoms with Crippen LogP contribution in [0.4, 0.5) is 0 Å². The van der Waals surface area contributed by atoms with Crippen LogP contribution in [0.3, 0.4) is 0 Å². The lowest BCUT2D eigenvalue weighted by Gasteiger charge is -2.01. The SMILES string of the molecule is CC(C)C[C@@H]1C[C@H]1c1nc(=S)n(C)[nH]1. The van der Waals surface area contributed by atoms with Crippen molar-refractivity contribution >= 4 is 12.2 Å². The highest BCUT2D eigenvalue weighted by Crippen LogP contribution is 2.49. The van der Waals surface area contributed by atoms with Crippen molar-refractivity contribution in [3.05, 3.63) is 10.6 Å². The van der Waals surface area contributed by atoms with Crippen molar-refractivity contribution in [3.8, 4) is 0 Å². The van der Waals surface area contributed by atoms with Crippen LogP contribution in [0.25, 0.3) is 0 Å². The topological polar surface area (TPSA) is 33.6 Å². The summed E-state index contributed by atoms with van der Waals surface area (Å²) in [7, 11) is 1.92. The van der Waals surface area contributed by atoms with Crippen LogP contribution < -0.4 is 0 Å². The van der Waals surface area contributed by atoms with Gasteiger partial charge in [0.25, 0.3) is 0 Å². The average Bonchev–Trinajstić information content (AvgIpc) is 2.73. The quantitative estimate of drug-likeness (QED) is 0.780. The van der Waals surface area contributed by atoms with Crippen molar-refractivity contribution in [1.29, 1.82) is 0 Å². The van der Waals surface area contributed by atoms with E-state index in [4.69, 9.17) is 12.2 Å². The van der Waals surface area contributed by atoms with Crippen LogP contribution in [-0.2, 0) is 7.05 Å². The fourth-order valence-corrected chi connectivity index (χ4v) is 2.18. The highest BCUT2D eigenvalue weighted by Gasteiger charge is 2.40. The van der Waals surface area contributed by atoms with Gasteiger partial charge in [-0.25, -0.2) is 4.98 Å². The second-order valence-corrected chi connectivity index (χ2v) is 5.05. The van der Waals surface area contributed by atoms with E-state index in [-0.39, 0.29) is 0 Å². The minimum absolute atomic E-state index is 0.639. The lowest BCUT2D eigenvalue weighted by Crippen LogP contribution is -1.94. The molecule has 4 heteroatoms. The molecular weight excluding hydrogens is 194 g/mol. The Hall–Kier alpha value is -0.640. The minimum atomic E-state index is 0.639. The molecule has 3 nitrogen and oxygen atoms in total. The Morgan fingerprint density at radius 2 is 2.36 bits per heavy atom. The second-order valence-electron chi connectivity index (χ2n) is 4.68. The van der Waals surface area contributed by atoms with E-state index in [9.17, 15) is 0 Å². The third kappa shape index (κ3) is 1.90. The molecule has 2 rings (SSSR count). The number of aryl methyl sites for hydroxylation is 1. The Morgan fingerprint density at radius 1 is 1.64 bits per heavy atom. The molecule has 1 aromatic heterocycles. The van der Waals surface area contributed by atoms with Gasteiger partial charge >= 0.3 is 0 Å². The van der Waals surface area contributed by atoms with Crippen LogP contribution in [0.15, 0.2) is 0 Å². The summed E-state index contributed by atoms with van der Waals surface area (Å²) in [4.78, 5) is 4.35. The third-order valence-electron chi connectivity index (χ3n) is 2.83. The molecule has 0 aliphatic heterocycles. The van der Waals surface area contributed by atoms with E-state index in [0.29, 0.717) is 10.7 Å². The minimum Gasteiger partial charge on any atom is -0.283 e. The van der Waals surface area contributed by atoms with E-state index in [0.717, 1.165) is 17.7 Å². The first-order valence-electron chi connectivity index (χ1n) is 5.21. The van der Waals surface area contributed by atoms with Crippen LogP contribution in [0, 0.1) is 16.6 Å². The molecule has 0 unspecified atom stereocenters. The van der Waals surface area contributed by atoms with Gasteiger partial charge in [-0.2, -0.15) is 0 Å². The molecular formula is C10H17N3S. The van der Waals surface area contributed by atoms with Crippen molar-refractivity contribution in [3.63, 3.8) is 0 Å². The number of hydrogen-bond acceptors (Lipinski definition) is 2. The number of aromatic nitrogens is 3. The summed E-state index contributed by atoms with van der Waals surface area (Å²) in [6, 6.07) is 0. The molecule has 1 heterocycles. The molecule has 1 aromatic rings. The number of H-pyrrole nitrogens is 1. The number of aromatic amines is 1. The van der Waals surface area contributed by atoms with E-state index in [2.05, 4.69) is 23.9 Å². The normalized spacial score (nSPS) is 25.7. The van der Waals surface area contributed by atoms with Crippen LogP contribution in [0.5, 0.6) is 0 Å². The Bertz CT molecular complexity index is 377. The monoisotopic (exact) mass is 211 g/mol. The molecule has 0 spiro atoms. The van der Waals surface area contributed by atoms with E-state index < -0.39 is 0 Å². The maximum atomic E-state index is 5.07. The fourth-order valence-electron chi connectivity index (χ4n) is 2.04. The van der Waals surface area contributed by atoms with Gasteiger partial charge in [-0.15, -0.1) is 0 Å². The number of nitrogens with one attached hydrogen (secondary N) is 1. The third-order valence-corrected chi connectivity index (χ3v) is 3.20. The van der Waals surface area contributed by atoms with Gasteiger partial charge in [0.1, 0.15) is 5.82 Å². The van der Waals surface area contributed by atoms with Crippen LogP contribution in [0.1, 0.15) is 38.4 Å². The Balaban J connectivity index is 2.02. The highest BCUT2D eigenvalue weighted by atomic mass is 32.1. The van der Waals surface area contributed by atoms with Crippen LogP contribution in [0.2, 0.25) is 0 Å². The van der Waals surface area contributed by atoms with E-state index in [1.54, 1.807) is 0 Å². The number of rotatable bonds is 3. The van der Waals surface area contributed by atoms with Gasteiger partial charge in [-0.05, 0) is 36.9 Å². The van der Waals surface area contributed by atoms with Gasteiger partial charge in [0.05, 0.1) is 0 Å². The molecule has 1 fully saturated rings. The van der Waals surface area contributed by atoms with Crippen LogP contribution in [-0.4, -0.2) is 14.8 Å². The molecule has 1 saturated carbocycles. The molecule has 2 atom stereocenters. The smallest absolute Gasteiger partial charge is 0.215 e. The summed E-state index contributed by atoms with van der Waals surface area (Å²) in [5.74, 6) is 3.34. The molecule has 14 heavy (non-hydrogen) atoms.